The molecule has 1 aliphatic carbocycles. The van der Waals surface area contributed by atoms with Gasteiger partial charge < -0.3 is 19.7 Å². The van der Waals surface area contributed by atoms with Crippen LogP contribution in [0.2, 0.25) is 0 Å². The van der Waals surface area contributed by atoms with E-state index in [0.29, 0.717) is 19.1 Å². The van der Waals surface area contributed by atoms with Crippen LogP contribution in [0.3, 0.4) is 0 Å². The Bertz CT molecular complexity index is 567. The molecular formula is C22H36N2O3. The summed E-state index contributed by atoms with van der Waals surface area (Å²) < 4.78 is 11.7. The van der Waals surface area contributed by atoms with Gasteiger partial charge in [-0.2, -0.15) is 0 Å². The van der Waals surface area contributed by atoms with Crippen LogP contribution in [0, 0.1) is 5.92 Å². The maximum atomic E-state index is 12.8. The lowest BCUT2D eigenvalue weighted by atomic mass is 9.98. The third-order valence-electron chi connectivity index (χ3n) is 5.31. The van der Waals surface area contributed by atoms with Gasteiger partial charge in [0.1, 0.15) is 11.4 Å². The summed E-state index contributed by atoms with van der Waals surface area (Å²) in [5, 5.41) is 3.01. The van der Waals surface area contributed by atoms with Crippen LogP contribution in [0.5, 0.6) is 5.75 Å². The molecular weight excluding hydrogens is 340 g/mol. The number of nitrogens with zero attached hydrogens (tertiary/aromatic N) is 1. The third-order valence-corrected chi connectivity index (χ3v) is 5.31. The van der Waals surface area contributed by atoms with Crippen molar-refractivity contribution in [2.24, 2.45) is 5.92 Å². The molecule has 152 valence electrons. The molecule has 1 fully saturated rings. The summed E-state index contributed by atoms with van der Waals surface area (Å²) in [5.74, 6) is 1.11. The summed E-state index contributed by atoms with van der Waals surface area (Å²) in [4.78, 5) is 15.2. The Morgan fingerprint density at radius 2 is 1.81 bits per heavy atom. The second-order valence-corrected chi connectivity index (χ2v) is 7.44. The van der Waals surface area contributed by atoms with Gasteiger partial charge in [-0.05, 0) is 75.9 Å². The highest BCUT2D eigenvalue weighted by Gasteiger charge is 2.48. The topological polar surface area (TPSA) is 50.8 Å². The molecule has 27 heavy (non-hydrogen) atoms. The van der Waals surface area contributed by atoms with Crippen LogP contribution in [-0.2, 0) is 9.53 Å². The highest BCUT2D eigenvalue weighted by atomic mass is 16.5. The Morgan fingerprint density at radius 3 is 2.37 bits per heavy atom. The van der Waals surface area contributed by atoms with Crippen molar-refractivity contribution >= 4 is 11.6 Å². The molecule has 5 heteroatoms. The van der Waals surface area contributed by atoms with Gasteiger partial charge in [0.25, 0.3) is 5.91 Å². The standard InChI is InChI=1S/C22H36N2O3/c1-5-16-27-22(4,18-9-10-18)21(25)23-19-11-13-20(14-12-19)26-17-8-15-24(6-2)7-3/h11-14,18H,5-10,15-17H2,1-4H3,(H,23,25)/t22-/m1/s1. The third kappa shape index (κ3) is 6.51. The number of carbonyl (C=O) groups is 1. The molecule has 0 aliphatic heterocycles. The molecule has 0 radical (unpaired) electrons. The van der Waals surface area contributed by atoms with Crippen LogP contribution < -0.4 is 10.1 Å². The maximum Gasteiger partial charge on any atom is 0.256 e. The van der Waals surface area contributed by atoms with Crippen molar-refractivity contribution in [3.05, 3.63) is 24.3 Å². The van der Waals surface area contributed by atoms with Crippen LogP contribution in [0.25, 0.3) is 0 Å². The minimum atomic E-state index is -0.727. The fourth-order valence-corrected chi connectivity index (χ4v) is 3.22. The van der Waals surface area contributed by atoms with Crippen molar-refractivity contribution in [2.75, 3.05) is 38.2 Å². The van der Waals surface area contributed by atoms with Crippen molar-refractivity contribution in [3.8, 4) is 5.75 Å². The molecule has 1 atom stereocenters. The number of rotatable bonds is 13. The van der Waals surface area contributed by atoms with E-state index in [1.807, 2.05) is 31.2 Å². The van der Waals surface area contributed by atoms with Crippen LogP contribution in [0.15, 0.2) is 24.3 Å². The second kappa shape index (κ2) is 10.7. The van der Waals surface area contributed by atoms with Crippen LogP contribution in [0.1, 0.15) is 53.4 Å². The lowest BCUT2D eigenvalue weighted by Gasteiger charge is -2.28. The number of ether oxygens (including phenoxy) is 2. The summed E-state index contributed by atoms with van der Waals surface area (Å²) in [6.07, 6.45) is 4.05. The average Bonchev–Trinajstić information content (AvgIpc) is 3.53. The van der Waals surface area contributed by atoms with E-state index in [2.05, 4.69) is 31.0 Å². The van der Waals surface area contributed by atoms with E-state index in [1.165, 1.54) is 0 Å². The lowest BCUT2D eigenvalue weighted by molar-refractivity contribution is -0.142. The van der Waals surface area contributed by atoms with Crippen molar-refractivity contribution in [3.63, 3.8) is 0 Å². The quantitative estimate of drug-likeness (QED) is 0.521. The molecule has 1 aromatic rings. The fraction of sp³-hybridized carbons (Fsp3) is 0.682. The van der Waals surface area contributed by atoms with E-state index in [4.69, 9.17) is 9.47 Å². The largest absolute Gasteiger partial charge is 0.494 e. The minimum Gasteiger partial charge on any atom is -0.494 e. The van der Waals surface area contributed by atoms with Gasteiger partial charge in [-0.15, -0.1) is 0 Å². The molecule has 0 spiro atoms. The number of carbonyl (C=O) groups excluding carboxylic acids is 1. The Balaban J connectivity index is 1.81. The molecule has 0 saturated heterocycles. The Kier molecular flexibility index (Phi) is 8.58. The van der Waals surface area contributed by atoms with Gasteiger partial charge in [0, 0.05) is 18.8 Å². The van der Waals surface area contributed by atoms with E-state index in [0.717, 1.165) is 56.8 Å². The van der Waals surface area contributed by atoms with E-state index in [1.54, 1.807) is 0 Å². The SMILES string of the molecule is CCCO[C@@](C)(C(=O)Nc1ccc(OCCCN(CC)CC)cc1)C1CC1. The molecule has 5 nitrogen and oxygen atoms in total. The van der Waals surface area contributed by atoms with Gasteiger partial charge in [-0.3, -0.25) is 4.79 Å². The van der Waals surface area contributed by atoms with Crippen molar-refractivity contribution < 1.29 is 14.3 Å². The smallest absolute Gasteiger partial charge is 0.256 e. The summed E-state index contributed by atoms with van der Waals surface area (Å²) in [6, 6.07) is 7.61. The van der Waals surface area contributed by atoms with Gasteiger partial charge in [-0.1, -0.05) is 20.8 Å². The average molecular weight is 377 g/mol. The normalized spacial score (nSPS) is 16.2. The molecule has 0 unspecified atom stereocenters. The predicted octanol–water partition coefficient (Wildman–Crippen LogP) is 4.33. The number of hydrogen-bond donors (Lipinski definition) is 1. The molecule has 0 bridgehead atoms. The zero-order valence-corrected chi connectivity index (χ0v) is 17.4. The zero-order chi connectivity index (χ0) is 19.7. The van der Waals surface area contributed by atoms with Crippen LogP contribution >= 0.6 is 0 Å². The second-order valence-electron chi connectivity index (χ2n) is 7.44. The molecule has 1 aliphatic rings. The number of anilines is 1. The van der Waals surface area contributed by atoms with Crippen molar-refractivity contribution in [1.82, 2.24) is 4.90 Å². The molecule has 0 aromatic heterocycles. The van der Waals surface area contributed by atoms with Gasteiger partial charge in [0.2, 0.25) is 0 Å². The Labute approximate surface area is 164 Å². The molecule has 1 saturated carbocycles. The number of benzene rings is 1. The number of nitrogens with one attached hydrogen (secondary N) is 1. The molecule has 0 heterocycles. The van der Waals surface area contributed by atoms with Crippen molar-refractivity contribution in [1.29, 1.82) is 0 Å². The van der Waals surface area contributed by atoms with Crippen LogP contribution in [0.4, 0.5) is 5.69 Å². The maximum absolute atomic E-state index is 12.8. The summed E-state index contributed by atoms with van der Waals surface area (Å²) in [6.45, 7) is 12.9. The first-order chi connectivity index (χ1) is 13.0. The minimum absolute atomic E-state index is 0.0497. The van der Waals surface area contributed by atoms with Gasteiger partial charge in [0.05, 0.1) is 6.61 Å². The lowest BCUT2D eigenvalue weighted by Crippen LogP contribution is -2.45. The van der Waals surface area contributed by atoms with E-state index >= 15 is 0 Å². The summed E-state index contributed by atoms with van der Waals surface area (Å²) in [5.41, 5.74) is 0.0535. The highest BCUT2D eigenvalue weighted by molar-refractivity contribution is 5.97. The fourth-order valence-electron chi connectivity index (χ4n) is 3.22. The monoisotopic (exact) mass is 376 g/mol. The summed E-state index contributed by atoms with van der Waals surface area (Å²) in [7, 11) is 0. The van der Waals surface area contributed by atoms with Gasteiger partial charge in [-0.25, -0.2) is 0 Å². The van der Waals surface area contributed by atoms with Crippen LogP contribution in [-0.4, -0.2) is 49.3 Å². The predicted molar refractivity (Wildman–Crippen MR) is 110 cm³/mol. The van der Waals surface area contributed by atoms with Crippen molar-refractivity contribution in [2.45, 2.75) is 59.0 Å². The zero-order valence-electron chi connectivity index (χ0n) is 17.4. The molecule has 2 rings (SSSR count). The Morgan fingerprint density at radius 1 is 1.15 bits per heavy atom. The highest BCUT2D eigenvalue weighted by Crippen LogP contribution is 2.42. The van der Waals surface area contributed by atoms with E-state index in [9.17, 15) is 4.79 Å². The number of hydrogen-bond acceptors (Lipinski definition) is 4. The molecule has 1 amide bonds. The first kappa shape index (κ1) is 21.7. The van der Waals surface area contributed by atoms with E-state index in [-0.39, 0.29) is 5.91 Å². The van der Waals surface area contributed by atoms with E-state index < -0.39 is 5.60 Å². The molecule has 1 N–H and O–H groups in total. The van der Waals surface area contributed by atoms with Gasteiger partial charge >= 0.3 is 0 Å². The Hall–Kier alpha value is -1.59. The first-order valence-electron chi connectivity index (χ1n) is 10.4. The van der Waals surface area contributed by atoms with Gasteiger partial charge in [0.15, 0.2) is 0 Å². The first-order valence-corrected chi connectivity index (χ1v) is 10.4. The molecule has 1 aromatic carbocycles. The number of amides is 1. The summed E-state index contributed by atoms with van der Waals surface area (Å²) >= 11 is 0.